The van der Waals surface area contributed by atoms with Crippen LogP contribution in [0.1, 0.15) is 38.7 Å². The van der Waals surface area contributed by atoms with E-state index in [2.05, 4.69) is 34.9 Å². The lowest BCUT2D eigenvalue weighted by Crippen LogP contribution is -2.29. The van der Waals surface area contributed by atoms with E-state index in [1.165, 1.54) is 0 Å². The zero-order valence-corrected chi connectivity index (χ0v) is 23.5. The molecule has 1 aliphatic heterocycles. The van der Waals surface area contributed by atoms with Crippen molar-refractivity contribution in [3.8, 4) is 0 Å². The Balaban J connectivity index is 1.37. The van der Waals surface area contributed by atoms with E-state index >= 15 is 0 Å². The lowest BCUT2D eigenvalue weighted by Gasteiger charge is -2.26. The second-order valence-electron chi connectivity index (χ2n) is 10.9. The van der Waals surface area contributed by atoms with E-state index in [4.69, 9.17) is 16.3 Å². The summed E-state index contributed by atoms with van der Waals surface area (Å²) in [5.41, 5.74) is 6.51. The number of ether oxygens (including phenoxy) is 1. The highest BCUT2D eigenvalue weighted by atomic mass is 35.5. The Labute approximate surface area is 223 Å². The smallest absolute Gasteiger partial charge is 0.255 e. The van der Waals surface area contributed by atoms with Gasteiger partial charge in [0.2, 0.25) is 0 Å². The molecule has 2 aromatic heterocycles. The van der Waals surface area contributed by atoms with E-state index in [0.29, 0.717) is 24.8 Å². The predicted molar refractivity (Wildman–Crippen MR) is 148 cm³/mol. The number of pyridine rings is 1. The Hall–Kier alpha value is -3.07. The van der Waals surface area contributed by atoms with Gasteiger partial charge in [-0.2, -0.15) is 0 Å². The minimum Gasteiger partial charge on any atom is -0.359 e. The van der Waals surface area contributed by atoms with Crippen molar-refractivity contribution in [3.05, 3.63) is 87.7 Å². The van der Waals surface area contributed by atoms with Crippen LogP contribution in [0.4, 0.5) is 0 Å². The molecule has 3 heterocycles. The first-order valence-corrected chi connectivity index (χ1v) is 16.7. The van der Waals surface area contributed by atoms with E-state index in [0.717, 1.165) is 51.5 Å². The number of carbonyl (C=O) groups excluding carboxylic acids is 1. The van der Waals surface area contributed by atoms with Crippen LogP contribution in [0.25, 0.3) is 11.0 Å². The monoisotopic (exact) mass is 533 g/mol. The first kappa shape index (κ1) is 25.6. The molecule has 0 N–H and O–H groups in total. The number of rotatable bonds is 9. The normalized spacial score (nSPS) is 15.5. The zero-order valence-electron chi connectivity index (χ0n) is 21.7. The Morgan fingerprint density at radius 2 is 1.92 bits per heavy atom. The summed E-state index contributed by atoms with van der Waals surface area (Å²) in [4.78, 5) is 19.7. The number of nitrogens with zero attached hydrogens (tertiary/aromatic N) is 5. The van der Waals surface area contributed by atoms with Gasteiger partial charge < -0.3 is 9.64 Å². The van der Waals surface area contributed by atoms with Crippen molar-refractivity contribution in [3.63, 3.8) is 0 Å². The fourth-order valence-electron chi connectivity index (χ4n) is 4.78. The van der Waals surface area contributed by atoms with E-state index in [-0.39, 0.29) is 11.9 Å². The highest BCUT2D eigenvalue weighted by Crippen LogP contribution is 2.38. The van der Waals surface area contributed by atoms with Crippen LogP contribution in [0.3, 0.4) is 0 Å². The largest absolute Gasteiger partial charge is 0.359 e. The third-order valence-corrected chi connectivity index (χ3v) is 8.99. The van der Waals surface area contributed by atoms with Gasteiger partial charge in [-0.25, -0.2) is 9.67 Å². The molecule has 0 radical (unpaired) electrons. The van der Waals surface area contributed by atoms with Gasteiger partial charge in [0, 0.05) is 39.4 Å². The van der Waals surface area contributed by atoms with Crippen molar-refractivity contribution in [2.45, 2.75) is 58.3 Å². The van der Waals surface area contributed by atoms with E-state index in [1.807, 2.05) is 60.4 Å². The average Bonchev–Trinajstić information content (AvgIpc) is 3.37. The summed E-state index contributed by atoms with van der Waals surface area (Å²) in [6.07, 6.45) is 2.32. The first-order chi connectivity index (χ1) is 17.7. The van der Waals surface area contributed by atoms with Crippen molar-refractivity contribution in [1.82, 2.24) is 24.9 Å². The molecule has 192 valence electrons. The molecule has 0 aliphatic carbocycles. The van der Waals surface area contributed by atoms with Gasteiger partial charge in [-0.05, 0) is 59.5 Å². The van der Waals surface area contributed by atoms with Crippen molar-refractivity contribution in [1.29, 1.82) is 0 Å². The molecule has 1 unspecified atom stereocenters. The molecule has 37 heavy (non-hydrogen) atoms. The third kappa shape index (κ3) is 5.46. The summed E-state index contributed by atoms with van der Waals surface area (Å²) < 4.78 is 7.65. The summed E-state index contributed by atoms with van der Waals surface area (Å²) in [7, 11) is -1.14. The SMILES string of the molecule is Cc1ccnc(Cl)c1CC1c2ccccc2C(=O)N1Cc1ccc2c(c1)nnn2COCC[Si](C)(C)C. The summed E-state index contributed by atoms with van der Waals surface area (Å²) in [6, 6.07) is 16.8. The molecule has 2 aromatic carbocycles. The van der Waals surface area contributed by atoms with E-state index in [1.54, 1.807) is 10.9 Å². The van der Waals surface area contributed by atoms with Crippen LogP contribution in [0.2, 0.25) is 30.8 Å². The van der Waals surface area contributed by atoms with Gasteiger partial charge in [-0.3, -0.25) is 4.79 Å². The fraction of sp³-hybridized carbons (Fsp3) is 0.357. The number of halogens is 1. The van der Waals surface area contributed by atoms with Gasteiger partial charge in [-0.15, -0.1) is 5.10 Å². The Bertz CT molecular complexity index is 1430. The quantitative estimate of drug-likeness (QED) is 0.149. The first-order valence-electron chi connectivity index (χ1n) is 12.6. The van der Waals surface area contributed by atoms with Crippen molar-refractivity contribution < 1.29 is 9.53 Å². The standard InChI is InChI=1S/C28H32ClN5O2Si/c1-19-11-12-30-27(29)23(19)16-26-21-7-5-6-8-22(21)28(35)33(26)17-20-9-10-25-24(15-20)31-32-34(25)18-36-13-14-37(2,3)4/h5-12,15,26H,13-14,16-18H2,1-4H3. The zero-order chi connectivity index (χ0) is 26.2. The summed E-state index contributed by atoms with van der Waals surface area (Å²) in [5, 5.41) is 9.14. The van der Waals surface area contributed by atoms with Gasteiger partial charge in [0.05, 0.1) is 11.6 Å². The third-order valence-electron chi connectivity index (χ3n) is 6.96. The molecule has 0 fully saturated rings. The number of aromatic nitrogens is 4. The maximum absolute atomic E-state index is 13.5. The lowest BCUT2D eigenvalue weighted by atomic mass is 9.96. The van der Waals surface area contributed by atoms with Crippen LogP contribution in [-0.2, 0) is 24.4 Å². The molecule has 0 saturated carbocycles. The molecule has 1 amide bonds. The molecule has 0 saturated heterocycles. The molecular formula is C28H32ClN5O2Si. The van der Waals surface area contributed by atoms with Crippen LogP contribution < -0.4 is 0 Å². The maximum Gasteiger partial charge on any atom is 0.255 e. The molecular weight excluding hydrogens is 502 g/mol. The molecule has 0 bridgehead atoms. The molecule has 1 aliphatic rings. The molecule has 4 aromatic rings. The average molecular weight is 534 g/mol. The van der Waals surface area contributed by atoms with Crippen LogP contribution in [0, 0.1) is 6.92 Å². The lowest BCUT2D eigenvalue weighted by molar-refractivity contribution is 0.0709. The van der Waals surface area contributed by atoms with Gasteiger partial charge >= 0.3 is 0 Å². The summed E-state index contributed by atoms with van der Waals surface area (Å²) >= 11 is 6.47. The van der Waals surface area contributed by atoms with Gasteiger partial charge in [-0.1, -0.05) is 60.7 Å². The van der Waals surface area contributed by atoms with Crippen LogP contribution in [0.15, 0.2) is 54.7 Å². The van der Waals surface area contributed by atoms with Gasteiger partial charge in [0.15, 0.2) is 0 Å². The number of hydrogen-bond acceptors (Lipinski definition) is 5. The van der Waals surface area contributed by atoms with Crippen molar-refractivity contribution >= 4 is 36.6 Å². The number of hydrogen-bond donors (Lipinski definition) is 0. The summed E-state index contributed by atoms with van der Waals surface area (Å²) in [6.45, 7) is 10.6. The number of amides is 1. The fourth-order valence-corrected chi connectivity index (χ4v) is 5.82. The Morgan fingerprint density at radius 1 is 1.11 bits per heavy atom. The van der Waals surface area contributed by atoms with Crippen molar-refractivity contribution in [2.24, 2.45) is 0 Å². The molecule has 0 spiro atoms. The molecule has 7 nitrogen and oxygen atoms in total. The Morgan fingerprint density at radius 3 is 2.70 bits per heavy atom. The van der Waals surface area contributed by atoms with Crippen molar-refractivity contribution in [2.75, 3.05) is 6.61 Å². The van der Waals surface area contributed by atoms with E-state index < -0.39 is 8.07 Å². The van der Waals surface area contributed by atoms with Crippen LogP contribution in [-0.4, -0.2) is 45.5 Å². The summed E-state index contributed by atoms with van der Waals surface area (Å²) in [5.74, 6) is 0.0258. The number of carbonyl (C=O) groups is 1. The second kappa shape index (κ2) is 10.4. The van der Waals surface area contributed by atoms with Crippen LogP contribution >= 0.6 is 11.6 Å². The number of aryl methyl sites for hydroxylation is 1. The second-order valence-corrected chi connectivity index (χ2v) is 16.9. The minimum atomic E-state index is -1.14. The highest BCUT2D eigenvalue weighted by Gasteiger charge is 2.37. The van der Waals surface area contributed by atoms with E-state index in [9.17, 15) is 4.79 Å². The molecule has 1 atom stereocenters. The maximum atomic E-state index is 13.5. The molecule has 9 heteroatoms. The van der Waals surface area contributed by atoms with Crippen LogP contribution in [0.5, 0.6) is 0 Å². The topological polar surface area (TPSA) is 73.1 Å². The highest BCUT2D eigenvalue weighted by molar-refractivity contribution is 6.76. The Kier molecular flexibility index (Phi) is 7.16. The predicted octanol–water partition coefficient (Wildman–Crippen LogP) is 6.04. The number of fused-ring (bicyclic) bond motifs is 2. The molecule has 5 rings (SSSR count). The number of benzene rings is 2. The van der Waals surface area contributed by atoms with Gasteiger partial charge in [0.25, 0.3) is 5.91 Å². The minimum absolute atomic E-state index is 0.0258. The van der Waals surface area contributed by atoms with Gasteiger partial charge in [0.1, 0.15) is 17.4 Å².